The molecule has 4 nitrogen and oxygen atoms in total. The number of para-hydroxylation sites is 1. The van der Waals surface area contributed by atoms with Crippen LogP contribution in [0.1, 0.15) is 30.9 Å². The fourth-order valence-electron chi connectivity index (χ4n) is 2.58. The van der Waals surface area contributed by atoms with Gasteiger partial charge in [-0.15, -0.1) is 0 Å². The largest absolute Gasteiger partial charge is 0.361 e. The van der Waals surface area contributed by atoms with Gasteiger partial charge in [-0.25, -0.2) is 0 Å². The van der Waals surface area contributed by atoms with E-state index in [0.717, 1.165) is 24.5 Å². The molecule has 0 aliphatic carbocycles. The number of aryl methyl sites for hydroxylation is 1. The van der Waals surface area contributed by atoms with Crippen molar-refractivity contribution >= 4 is 10.9 Å². The van der Waals surface area contributed by atoms with Crippen molar-refractivity contribution in [3.05, 3.63) is 53.5 Å². The summed E-state index contributed by atoms with van der Waals surface area (Å²) in [6.45, 7) is 7.86. The minimum absolute atomic E-state index is 0.477. The summed E-state index contributed by atoms with van der Waals surface area (Å²) in [6, 6.07) is 11.0. The number of aromatic nitrogens is 2. The monoisotopic (exact) mass is 283 g/mol. The molecule has 21 heavy (non-hydrogen) atoms. The summed E-state index contributed by atoms with van der Waals surface area (Å²) in [6.07, 6.45) is 2.21. The zero-order chi connectivity index (χ0) is 14.8. The van der Waals surface area contributed by atoms with E-state index < -0.39 is 0 Å². The molecular formula is C17H21N3O. The number of rotatable bonds is 5. The molecule has 0 aliphatic rings. The molecular weight excluding hydrogens is 262 g/mol. The van der Waals surface area contributed by atoms with E-state index >= 15 is 0 Å². The second kappa shape index (κ2) is 5.74. The van der Waals surface area contributed by atoms with Crippen molar-refractivity contribution in [2.45, 2.75) is 39.9 Å². The van der Waals surface area contributed by atoms with Crippen molar-refractivity contribution in [3.8, 4) is 0 Å². The first kappa shape index (κ1) is 13.9. The lowest BCUT2D eigenvalue weighted by atomic mass is 10.1. The molecule has 0 atom stereocenters. The Labute approximate surface area is 124 Å². The highest BCUT2D eigenvalue weighted by molar-refractivity contribution is 5.84. The van der Waals surface area contributed by atoms with Crippen molar-refractivity contribution in [2.24, 2.45) is 0 Å². The molecule has 1 aromatic carbocycles. The Hall–Kier alpha value is -2.07. The van der Waals surface area contributed by atoms with Gasteiger partial charge in [0.25, 0.3) is 0 Å². The number of hydrogen-bond acceptors (Lipinski definition) is 3. The predicted molar refractivity (Wildman–Crippen MR) is 84.3 cm³/mol. The smallest absolute Gasteiger partial charge is 0.133 e. The average molecular weight is 283 g/mol. The van der Waals surface area contributed by atoms with Crippen LogP contribution in [0.4, 0.5) is 0 Å². The highest BCUT2D eigenvalue weighted by atomic mass is 16.5. The van der Waals surface area contributed by atoms with Crippen LogP contribution in [-0.2, 0) is 13.1 Å². The van der Waals surface area contributed by atoms with E-state index in [1.54, 1.807) is 0 Å². The fraction of sp³-hybridized carbons (Fsp3) is 0.353. The van der Waals surface area contributed by atoms with Gasteiger partial charge in [-0.3, -0.25) is 0 Å². The molecule has 0 spiro atoms. The summed E-state index contributed by atoms with van der Waals surface area (Å²) in [5.74, 6) is 0.850. The van der Waals surface area contributed by atoms with Crippen LogP contribution in [0, 0.1) is 6.92 Å². The van der Waals surface area contributed by atoms with Gasteiger partial charge >= 0.3 is 0 Å². The van der Waals surface area contributed by atoms with Crippen molar-refractivity contribution in [1.29, 1.82) is 0 Å². The lowest BCUT2D eigenvalue weighted by molar-refractivity contribution is 0.389. The first-order valence-corrected chi connectivity index (χ1v) is 7.36. The molecule has 1 N–H and O–H groups in total. The van der Waals surface area contributed by atoms with E-state index in [1.165, 1.54) is 16.5 Å². The van der Waals surface area contributed by atoms with Crippen LogP contribution in [0.15, 0.2) is 41.1 Å². The summed E-state index contributed by atoms with van der Waals surface area (Å²) < 4.78 is 7.40. The highest BCUT2D eigenvalue weighted by Crippen LogP contribution is 2.22. The predicted octanol–water partition coefficient (Wildman–Crippen LogP) is 3.48. The van der Waals surface area contributed by atoms with Crippen molar-refractivity contribution < 1.29 is 4.52 Å². The molecule has 2 heterocycles. The molecule has 3 aromatic rings. The summed E-state index contributed by atoms with van der Waals surface area (Å²) in [5, 5.41) is 8.87. The lowest BCUT2D eigenvalue weighted by Gasteiger charge is -2.06. The van der Waals surface area contributed by atoms with Gasteiger partial charge in [0.05, 0.1) is 6.54 Å². The summed E-state index contributed by atoms with van der Waals surface area (Å²) in [4.78, 5) is 0. The van der Waals surface area contributed by atoms with Gasteiger partial charge in [0, 0.05) is 35.8 Å². The second-order valence-electron chi connectivity index (χ2n) is 5.76. The van der Waals surface area contributed by atoms with E-state index in [4.69, 9.17) is 4.52 Å². The van der Waals surface area contributed by atoms with Gasteiger partial charge in [0.2, 0.25) is 0 Å². The molecule has 0 bridgehead atoms. The van der Waals surface area contributed by atoms with Gasteiger partial charge in [0.15, 0.2) is 0 Å². The van der Waals surface area contributed by atoms with Crippen LogP contribution in [0.5, 0.6) is 0 Å². The van der Waals surface area contributed by atoms with Crippen LogP contribution in [0.3, 0.4) is 0 Å². The quantitative estimate of drug-likeness (QED) is 0.779. The normalized spacial score (nSPS) is 11.6. The van der Waals surface area contributed by atoms with E-state index in [2.05, 4.69) is 59.4 Å². The van der Waals surface area contributed by atoms with Gasteiger partial charge < -0.3 is 14.4 Å². The van der Waals surface area contributed by atoms with E-state index in [-0.39, 0.29) is 0 Å². The van der Waals surface area contributed by atoms with Crippen LogP contribution in [-0.4, -0.2) is 15.8 Å². The maximum Gasteiger partial charge on any atom is 0.133 e. The van der Waals surface area contributed by atoms with E-state index in [1.807, 2.05) is 13.0 Å². The standard InChI is InChI=1S/C17H21N3O/c1-12(2)18-9-14-10-20(11-15-8-13(3)21-19-15)17-7-5-4-6-16(14)17/h4-8,10,12,18H,9,11H2,1-3H3. The molecule has 2 aromatic heterocycles. The van der Waals surface area contributed by atoms with Crippen LogP contribution < -0.4 is 5.32 Å². The van der Waals surface area contributed by atoms with Gasteiger partial charge in [0.1, 0.15) is 11.5 Å². The Morgan fingerprint density at radius 3 is 2.81 bits per heavy atom. The molecule has 0 amide bonds. The molecule has 0 fully saturated rings. The highest BCUT2D eigenvalue weighted by Gasteiger charge is 2.10. The van der Waals surface area contributed by atoms with Crippen LogP contribution >= 0.6 is 0 Å². The Morgan fingerprint density at radius 1 is 1.29 bits per heavy atom. The molecule has 0 unspecified atom stereocenters. The van der Waals surface area contributed by atoms with Crippen molar-refractivity contribution in [2.75, 3.05) is 0 Å². The summed E-state index contributed by atoms with van der Waals surface area (Å²) in [7, 11) is 0. The fourth-order valence-corrected chi connectivity index (χ4v) is 2.58. The first-order valence-electron chi connectivity index (χ1n) is 7.36. The zero-order valence-corrected chi connectivity index (χ0v) is 12.8. The third-order valence-corrected chi connectivity index (χ3v) is 3.58. The SMILES string of the molecule is Cc1cc(Cn2cc(CNC(C)C)c3ccccc32)no1. The lowest BCUT2D eigenvalue weighted by Crippen LogP contribution is -2.21. The Balaban J connectivity index is 1.94. The van der Waals surface area contributed by atoms with Crippen molar-refractivity contribution in [1.82, 2.24) is 15.0 Å². The second-order valence-corrected chi connectivity index (χ2v) is 5.76. The molecule has 0 saturated heterocycles. The molecule has 0 radical (unpaired) electrons. The summed E-state index contributed by atoms with van der Waals surface area (Å²) >= 11 is 0. The Bertz CT molecular complexity index is 739. The molecule has 0 saturated carbocycles. The van der Waals surface area contributed by atoms with Gasteiger partial charge in [-0.1, -0.05) is 37.2 Å². The number of nitrogens with one attached hydrogen (secondary N) is 1. The third kappa shape index (κ3) is 3.00. The minimum atomic E-state index is 0.477. The number of fused-ring (bicyclic) bond motifs is 1. The minimum Gasteiger partial charge on any atom is -0.361 e. The van der Waals surface area contributed by atoms with E-state index in [9.17, 15) is 0 Å². The zero-order valence-electron chi connectivity index (χ0n) is 12.8. The van der Waals surface area contributed by atoms with Crippen molar-refractivity contribution in [3.63, 3.8) is 0 Å². The van der Waals surface area contributed by atoms with Crippen LogP contribution in [0.2, 0.25) is 0 Å². The molecule has 0 aliphatic heterocycles. The molecule has 4 heteroatoms. The summed E-state index contributed by atoms with van der Waals surface area (Å²) in [5.41, 5.74) is 3.51. The Kier molecular flexibility index (Phi) is 3.80. The first-order chi connectivity index (χ1) is 10.1. The van der Waals surface area contributed by atoms with E-state index in [0.29, 0.717) is 6.04 Å². The average Bonchev–Trinajstić information content (AvgIpc) is 3.02. The number of benzene rings is 1. The number of hydrogen-bond donors (Lipinski definition) is 1. The van der Waals surface area contributed by atoms with Gasteiger partial charge in [-0.2, -0.15) is 0 Å². The maximum absolute atomic E-state index is 5.16. The topological polar surface area (TPSA) is 43.0 Å². The third-order valence-electron chi connectivity index (χ3n) is 3.58. The van der Waals surface area contributed by atoms with Gasteiger partial charge in [-0.05, 0) is 18.6 Å². The maximum atomic E-state index is 5.16. The molecule has 110 valence electrons. The molecule has 3 rings (SSSR count). The Morgan fingerprint density at radius 2 is 2.10 bits per heavy atom. The number of nitrogens with zero attached hydrogens (tertiary/aromatic N) is 2. The van der Waals surface area contributed by atoms with Crippen LogP contribution in [0.25, 0.3) is 10.9 Å².